The van der Waals surface area contributed by atoms with Crippen LogP contribution in [0.5, 0.6) is 11.5 Å². The summed E-state index contributed by atoms with van der Waals surface area (Å²) in [5.41, 5.74) is 1.51. The first-order valence-corrected chi connectivity index (χ1v) is 8.06. The Balaban J connectivity index is 1.68. The molecule has 0 saturated heterocycles. The average molecular weight is 337 g/mol. The Bertz CT molecular complexity index is 800. The van der Waals surface area contributed by atoms with Gasteiger partial charge in [-0.05, 0) is 30.3 Å². The van der Waals surface area contributed by atoms with Crippen LogP contribution < -0.4 is 19.7 Å². The van der Waals surface area contributed by atoms with Crippen molar-refractivity contribution in [1.82, 2.24) is 5.32 Å². The van der Waals surface area contributed by atoms with E-state index in [9.17, 15) is 4.79 Å². The number of benzene rings is 2. The Morgan fingerprint density at radius 2 is 2.20 bits per heavy atom. The van der Waals surface area contributed by atoms with E-state index < -0.39 is 6.10 Å². The predicted molar refractivity (Wildman–Crippen MR) is 93.8 cm³/mol. The predicted octanol–water partition coefficient (Wildman–Crippen LogP) is 1.95. The molecule has 0 aromatic heterocycles. The summed E-state index contributed by atoms with van der Waals surface area (Å²) in [5.74, 6) is 1.19. The lowest BCUT2D eigenvalue weighted by Crippen LogP contribution is -2.49. The van der Waals surface area contributed by atoms with Gasteiger partial charge in [-0.3, -0.25) is 4.79 Å². The van der Waals surface area contributed by atoms with Crippen LogP contribution in [0.4, 0.5) is 5.69 Å². The molecule has 1 atom stereocenters. The van der Waals surface area contributed by atoms with Gasteiger partial charge in [-0.15, -0.1) is 0 Å². The zero-order valence-electron chi connectivity index (χ0n) is 13.9. The van der Waals surface area contributed by atoms with Gasteiger partial charge in [0.15, 0.2) is 6.10 Å². The van der Waals surface area contributed by atoms with Gasteiger partial charge in [0.25, 0.3) is 5.91 Å². The first kappa shape index (κ1) is 16.7. The smallest absolute Gasteiger partial charge is 0.262 e. The summed E-state index contributed by atoms with van der Waals surface area (Å²) in [7, 11) is 1.60. The molecule has 1 amide bonds. The fraction of sp³-hybridized carbons (Fsp3) is 0.263. The van der Waals surface area contributed by atoms with E-state index in [4.69, 9.17) is 14.7 Å². The lowest BCUT2D eigenvalue weighted by molar-refractivity contribution is -0.127. The minimum Gasteiger partial charge on any atom is -0.492 e. The summed E-state index contributed by atoms with van der Waals surface area (Å²) in [4.78, 5) is 14.0. The van der Waals surface area contributed by atoms with Crippen LogP contribution >= 0.6 is 0 Å². The molecule has 0 aliphatic carbocycles. The maximum Gasteiger partial charge on any atom is 0.262 e. The van der Waals surface area contributed by atoms with Crippen LogP contribution in [0.3, 0.4) is 0 Å². The van der Waals surface area contributed by atoms with Crippen molar-refractivity contribution in [2.24, 2.45) is 0 Å². The van der Waals surface area contributed by atoms with Gasteiger partial charge in [0.1, 0.15) is 18.1 Å². The molecule has 6 nitrogen and oxygen atoms in total. The number of ether oxygens (including phenoxy) is 2. The number of hydrogen-bond acceptors (Lipinski definition) is 5. The minimum atomic E-state index is -0.554. The van der Waals surface area contributed by atoms with Crippen LogP contribution in [-0.2, 0) is 4.79 Å². The zero-order chi connectivity index (χ0) is 17.6. The highest BCUT2D eigenvalue weighted by Gasteiger charge is 2.29. The van der Waals surface area contributed by atoms with Crippen molar-refractivity contribution < 1.29 is 14.3 Å². The minimum absolute atomic E-state index is 0.151. The summed E-state index contributed by atoms with van der Waals surface area (Å²) >= 11 is 0. The molecular formula is C19H19N3O3. The third kappa shape index (κ3) is 3.83. The highest BCUT2D eigenvalue weighted by Crippen LogP contribution is 2.32. The lowest BCUT2D eigenvalue weighted by Gasteiger charge is -2.35. The van der Waals surface area contributed by atoms with Crippen LogP contribution in [0.2, 0.25) is 0 Å². The Morgan fingerprint density at radius 3 is 3.00 bits per heavy atom. The molecule has 0 unspecified atom stereocenters. The molecule has 0 radical (unpaired) electrons. The van der Waals surface area contributed by atoms with E-state index in [0.717, 1.165) is 5.69 Å². The fourth-order valence-corrected chi connectivity index (χ4v) is 2.75. The Morgan fingerprint density at radius 1 is 1.36 bits per heavy atom. The van der Waals surface area contributed by atoms with E-state index in [1.54, 1.807) is 25.2 Å². The molecule has 1 heterocycles. The molecule has 1 N–H and O–H groups in total. The van der Waals surface area contributed by atoms with Crippen molar-refractivity contribution in [3.8, 4) is 17.6 Å². The summed E-state index contributed by atoms with van der Waals surface area (Å²) in [6.45, 7) is 1.49. The van der Waals surface area contributed by atoms with E-state index in [0.29, 0.717) is 36.8 Å². The highest BCUT2D eigenvalue weighted by molar-refractivity contribution is 5.83. The summed E-state index contributed by atoms with van der Waals surface area (Å²) in [6.07, 6.45) is -0.554. The Hall–Kier alpha value is -3.20. The van der Waals surface area contributed by atoms with Crippen molar-refractivity contribution in [2.75, 3.05) is 31.6 Å². The molecule has 0 fully saturated rings. The molecule has 2 aromatic rings. The monoisotopic (exact) mass is 337 g/mol. The van der Waals surface area contributed by atoms with Crippen molar-refractivity contribution in [1.29, 1.82) is 5.26 Å². The fourth-order valence-electron chi connectivity index (χ4n) is 2.75. The van der Waals surface area contributed by atoms with E-state index in [1.165, 1.54) is 0 Å². The third-order valence-electron chi connectivity index (χ3n) is 3.99. The second-order valence-electron chi connectivity index (χ2n) is 5.62. The number of hydrogen-bond donors (Lipinski definition) is 1. The van der Waals surface area contributed by atoms with Gasteiger partial charge in [0.2, 0.25) is 0 Å². The van der Waals surface area contributed by atoms with Gasteiger partial charge in [-0.25, -0.2) is 0 Å². The summed E-state index contributed by atoms with van der Waals surface area (Å²) in [6, 6.07) is 16.8. The molecule has 3 rings (SSSR count). The van der Waals surface area contributed by atoms with E-state index in [2.05, 4.69) is 16.3 Å². The van der Waals surface area contributed by atoms with Crippen LogP contribution in [0.25, 0.3) is 0 Å². The number of amides is 1. The normalized spacial score (nSPS) is 15.5. The SMILES string of the molecule is CNC(=O)[C@@H]1CN(CCOc2cccc(C#N)c2)c2ccccc2O1. The first-order chi connectivity index (χ1) is 12.2. The number of para-hydroxylation sites is 2. The van der Waals surface area contributed by atoms with E-state index in [-0.39, 0.29) is 5.91 Å². The average Bonchev–Trinajstić information content (AvgIpc) is 2.67. The number of rotatable bonds is 5. The van der Waals surface area contributed by atoms with Gasteiger partial charge in [0.05, 0.1) is 30.4 Å². The highest BCUT2D eigenvalue weighted by atomic mass is 16.5. The Labute approximate surface area is 146 Å². The third-order valence-corrected chi connectivity index (χ3v) is 3.99. The topological polar surface area (TPSA) is 74.6 Å². The molecule has 1 aliphatic heterocycles. The number of carbonyl (C=O) groups excluding carboxylic acids is 1. The molecule has 2 aromatic carbocycles. The number of likely N-dealkylation sites (N-methyl/N-ethyl adjacent to an activating group) is 1. The quantitative estimate of drug-likeness (QED) is 0.903. The lowest BCUT2D eigenvalue weighted by atomic mass is 10.2. The van der Waals surface area contributed by atoms with Crippen molar-refractivity contribution in [3.05, 3.63) is 54.1 Å². The second kappa shape index (κ2) is 7.58. The number of nitrogens with zero attached hydrogens (tertiary/aromatic N) is 2. The van der Waals surface area contributed by atoms with Crippen LogP contribution in [0.15, 0.2) is 48.5 Å². The number of fused-ring (bicyclic) bond motifs is 1. The van der Waals surface area contributed by atoms with Gasteiger partial charge in [-0.1, -0.05) is 18.2 Å². The van der Waals surface area contributed by atoms with Gasteiger partial charge >= 0.3 is 0 Å². The molecule has 0 saturated carbocycles. The number of nitrogens with one attached hydrogen (secondary N) is 1. The maximum absolute atomic E-state index is 12.0. The van der Waals surface area contributed by atoms with E-state index >= 15 is 0 Å². The van der Waals surface area contributed by atoms with Gasteiger partial charge in [-0.2, -0.15) is 5.26 Å². The van der Waals surface area contributed by atoms with Gasteiger partial charge in [0, 0.05) is 7.05 Å². The standard InChI is InChI=1S/C19H19N3O3/c1-21-19(23)18-13-22(16-7-2-3-8-17(16)25-18)9-10-24-15-6-4-5-14(11-15)12-20/h2-8,11,18H,9-10,13H2,1H3,(H,21,23)/t18-/m0/s1. The molecule has 0 bridgehead atoms. The number of anilines is 1. The number of carbonyl (C=O) groups is 1. The maximum atomic E-state index is 12.0. The molecule has 1 aliphatic rings. The van der Waals surface area contributed by atoms with Crippen molar-refractivity contribution in [2.45, 2.75) is 6.10 Å². The van der Waals surface area contributed by atoms with E-state index in [1.807, 2.05) is 30.3 Å². The summed E-state index contributed by atoms with van der Waals surface area (Å²) in [5, 5.41) is 11.6. The van der Waals surface area contributed by atoms with Crippen LogP contribution in [0, 0.1) is 11.3 Å². The molecule has 6 heteroatoms. The van der Waals surface area contributed by atoms with Crippen molar-refractivity contribution >= 4 is 11.6 Å². The molecule has 128 valence electrons. The molecular weight excluding hydrogens is 318 g/mol. The van der Waals surface area contributed by atoms with Crippen LogP contribution in [0.1, 0.15) is 5.56 Å². The molecule has 25 heavy (non-hydrogen) atoms. The second-order valence-corrected chi connectivity index (χ2v) is 5.62. The zero-order valence-corrected chi connectivity index (χ0v) is 13.9. The van der Waals surface area contributed by atoms with Gasteiger partial charge < -0.3 is 19.7 Å². The first-order valence-electron chi connectivity index (χ1n) is 8.06. The van der Waals surface area contributed by atoms with Crippen LogP contribution in [-0.4, -0.2) is 38.8 Å². The Kier molecular flexibility index (Phi) is 5.05. The largest absolute Gasteiger partial charge is 0.492 e. The summed E-state index contributed by atoms with van der Waals surface area (Å²) < 4.78 is 11.5. The molecule has 0 spiro atoms. The van der Waals surface area contributed by atoms with Crippen molar-refractivity contribution in [3.63, 3.8) is 0 Å². The number of nitriles is 1.